The molecule has 36 heavy (non-hydrogen) atoms. The van der Waals surface area contributed by atoms with E-state index in [2.05, 4.69) is 57.0 Å². The maximum Gasteiger partial charge on any atom is 0.303 e. The Kier molecular flexibility index (Phi) is 6.63. The van der Waals surface area contributed by atoms with Gasteiger partial charge >= 0.3 is 5.91 Å². The lowest BCUT2D eigenvalue weighted by molar-refractivity contribution is 0.0968. The molecular weight excluding hydrogens is 472 g/mol. The average molecular weight is 495 g/mol. The molecule has 1 N–H and O–H groups in total. The number of hydrogen-bond donors (Lipinski definition) is 1. The minimum absolute atomic E-state index is 0.0250. The predicted molar refractivity (Wildman–Crippen MR) is 139 cm³/mol. The molecule has 0 atom stereocenters. The number of benzene rings is 3. The van der Waals surface area contributed by atoms with Crippen LogP contribution in [-0.4, -0.2) is 38.5 Å². The lowest BCUT2D eigenvalue weighted by atomic mass is 9.77. The van der Waals surface area contributed by atoms with Gasteiger partial charge in [-0.2, -0.15) is 9.78 Å². The summed E-state index contributed by atoms with van der Waals surface area (Å²) < 4.78 is 1.09. The van der Waals surface area contributed by atoms with Gasteiger partial charge < -0.3 is 10.2 Å². The number of aromatic nitrogens is 4. The lowest BCUT2D eigenvalue weighted by Crippen LogP contribution is -2.38. The highest BCUT2D eigenvalue weighted by Crippen LogP contribution is 2.40. The van der Waals surface area contributed by atoms with Gasteiger partial charge in [0.25, 0.3) is 0 Å². The molecule has 9 heteroatoms. The van der Waals surface area contributed by atoms with Crippen molar-refractivity contribution < 1.29 is 9.63 Å². The first-order chi connectivity index (χ1) is 17.7. The van der Waals surface area contributed by atoms with Crippen molar-refractivity contribution in [2.45, 2.75) is 5.54 Å². The number of nitrogens with zero attached hydrogens (tertiary/aromatic N) is 5. The number of hydrogen-bond acceptors (Lipinski definition) is 8. The van der Waals surface area contributed by atoms with Gasteiger partial charge in [0.1, 0.15) is 31.0 Å². The van der Waals surface area contributed by atoms with Gasteiger partial charge in [-0.05, 0) is 16.7 Å². The fraction of sp³-hybridized carbons (Fsp3) is 0.0741. The summed E-state index contributed by atoms with van der Waals surface area (Å²) in [7, 11) is 1.38. The third-order valence-electron chi connectivity index (χ3n) is 5.67. The molecule has 5 aromatic rings. The Morgan fingerprint density at radius 1 is 0.917 bits per heavy atom. The molecule has 8 nitrogen and oxygen atoms in total. The summed E-state index contributed by atoms with van der Waals surface area (Å²) in [4.78, 5) is 26.5. The van der Waals surface area contributed by atoms with Crippen LogP contribution in [0.4, 0.5) is 5.13 Å². The molecule has 0 radical (unpaired) electrons. The number of nitrogens with one attached hydrogen (secondary N) is 1. The van der Waals surface area contributed by atoms with Gasteiger partial charge in [0.05, 0.1) is 0 Å². The van der Waals surface area contributed by atoms with Crippen molar-refractivity contribution in [1.82, 2.24) is 19.7 Å². The fourth-order valence-electron chi connectivity index (χ4n) is 4.09. The van der Waals surface area contributed by atoms with Crippen molar-refractivity contribution in [3.63, 3.8) is 0 Å². The van der Waals surface area contributed by atoms with Crippen LogP contribution in [-0.2, 0) is 10.4 Å². The molecule has 2 heterocycles. The monoisotopic (exact) mass is 494 g/mol. The highest BCUT2D eigenvalue weighted by molar-refractivity contribution is 7.14. The SMILES string of the molecule is CO/N=C(\C(=O)n1cncn1)c1csc(NC(c2ccccc2)(c2ccccc2)c2ccccc2)n1. The number of thiazole rings is 1. The van der Waals surface area contributed by atoms with Crippen LogP contribution in [0.15, 0.2) is 114 Å². The Labute approximate surface area is 211 Å². The predicted octanol–water partition coefficient (Wildman–Crippen LogP) is 4.83. The summed E-state index contributed by atoms with van der Waals surface area (Å²) in [5.74, 6) is -0.494. The van der Waals surface area contributed by atoms with Gasteiger partial charge in [-0.15, -0.1) is 11.3 Å². The third kappa shape index (κ3) is 4.39. The Morgan fingerprint density at radius 3 is 1.94 bits per heavy atom. The number of rotatable bonds is 8. The van der Waals surface area contributed by atoms with Crippen molar-refractivity contribution in [3.05, 3.63) is 131 Å². The first-order valence-corrected chi connectivity index (χ1v) is 12.0. The largest absolute Gasteiger partial charge is 0.398 e. The maximum atomic E-state index is 12.9. The number of carbonyl (C=O) groups is 1. The summed E-state index contributed by atoms with van der Waals surface area (Å²) in [5, 5.41) is 13.9. The third-order valence-corrected chi connectivity index (χ3v) is 6.43. The molecule has 0 amide bonds. The van der Waals surface area contributed by atoms with Crippen LogP contribution in [0.2, 0.25) is 0 Å². The molecule has 2 aromatic heterocycles. The number of carbonyl (C=O) groups excluding carboxylic acids is 1. The van der Waals surface area contributed by atoms with Crippen LogP contribution in [0.1, 0.15) is 27.2 Å². The van der Waals surface area contributed by atoms with Gasteiger partial charge in [-0.3, -0.25) is 4.79 Å². The smallest absolute Gasteiger partial charge is 0.303 e. The summed E-state index contributed by atoms with van der Waals surface area (Å²) in [6.45, 7) is 0. The zero-order valence-electron chi connectivity index (χ0n) is 19.4. The van der Waals surface area contributed by atoms with E-state index in [1.54, 1.807) is 5.38 Å². The van der Waals surface area contributed by atoms with Gasteiger partial charge in [-0.25, -0.2) is 9.97 Å². The topological polar surface area (TPSA) is 94.3 Å². The fourth-order valence-corrected chi connectivity index (χ4v) is 4.84. The van der Waals surface area contributed by atoms with Crippen molar-refractivity contribution >= 4 is 28.1 Å². The standard InChI is InChI=1S/C27H22N6O2S/c1-35-32-24(25(34)33-19-28-18-29-33)23-17-36-26(30-23)31-27(20-11-5-2-6-12-20,21-13-7-3-8-14-21)22-15-9-4-10-16-22/h2-19H,1H3,(H,30,31)/b32-24-. The van der Waals surface area contributed by atoms with E-state index in [-0.39, 0.29) is 5.71 Å². The summed E-state index contributed by atoms with van der Waals surface area (Å²) in [6, 6.07) is 30.6. The molecule has 178 valence electrons. The number of oxime groups is 1. The highest BCUT2D eigenvalue weighted by atomic mass is 32.1. The number of anilines is 1. The van der Waals surface area contributed by atoms with E-state index < -0.39 is 11.4 Å². The van der Waals surface area contributed by atoms with Crippen LogP contribution in [0.3, 0.4) is 0 Å². The highest BCUT2D eigenvalue weighted by Gasteiger charge is 2.37. The second-order valence-electron chi connectivity index (χ2n) is 7.78. The lowest BCUT2D eigenvalue weighted by Gasteiger charge is -2.36. The first-order valence-electron chi connectivity index (χ1n) is 11.1. The molecule has 0 aliphatic heterocycles. The molecule has 5 rings (SSSR count). The minimum Gasteiger partial charge on any atom is -0.398 e. The Morgan fingerprint density at radius 2 is 1.47 bits per heavy atom. The Bertz CT molecular complexity index is 1360. The Hall–Kier alpha value is -4.63. The zero-order valence-corrected chi connectivity index (χ0v) is 20.2. The molecule has 0 saturated heterocycles. The van der Waals surface area contributed by atoms with Crippen molar-refractivity contribution in [1.29, 1.82) is 0 Å². The first kappa shape index (κ1) is 23.1. The van der Waals surface area contributed by atoms with Gasteiger partial charge in [0.2, 0.25) is 0 Å². The summed E-state index contributed by atoms with van der Waals surface area (Å²) in [6.07, 6.45) is 2.59. The van der Waals surface area contributed by atoms with Gasteiger partial charge in [0.15, 0.2) is 10.8 Å². The molecule has 0 spiro atoms. The van der Waals surface area contributed by atoms with Crippen molar-refractivity contribution in [3.8, 4) is 0 Å². The van der Waals surface area contributed by atoms with Gasteiger partial charge in [0, 0.05) is 5.38 Å². The van der Waals surface area contributed by atoms with Crippen molar-refractivity contribution in [2.24, 2.45) is 5.16 Å². The van der Waals surface area contributed by atoms with E-state index in [9.17, 15) is 4.79 Å². The van der Waals surface area contributed by atoms with Crippen molar-refractivity contribution in [2.75, 3.05) is 12.4 Å². The van der Waals surface area contributed by atoms with E-state index in [1.165, 1.54) is 31.1 Å². The van der Waals surface area contributed by atoms with Gasteiger partial charge in [-0.1, -0.05) is 96.2 Å². The van der Waals surface area contributed by atoms with Crippen LogP contribution in [0, 0.1) is 0 Å². The second kappa shape index (κ2) is 10.3. The van der Waals surface area contributed by atoms with E-state index in [1.807, 2.05) is 54.6 Å². The molecule has 0 fully saturated rings. The summed E-state index contributed by atoms with van der Waals surface area (Å²) >= 11 is 1.37. The molecule has 0 bridgehead atoms. The van der Waals surface area contributed by atoms with E-state index >= 15 is 0 Å². The second-order valence-corrected chi connectivity index (χ2v) is 8.64. The van der Waals surface area contributed by atoms with E-state index in [0.717, 1.165) is 21.4 Å². The van der Waals surface area contributed by atoms with Crippen LogP contribution in [0.5, 0.6) is 0 Å². The van der Waals surface area contributed by atoms with E-state index in [4.69, 9.17) is 9.82 Å². The van der Waals surface area contributed by atoms with Crippen LogP contribution >= 0.6 is 11.3 Å². The Balaban J connectivity index is 1.62. The molecule has 0 unspecified atom stereocenters. The molecule has 3 aromatic carbocycles. The zero-order chi connectivity index (χ0) is 24.8. The molecular formula is C27H22N6O2S. The normalized spacial score (nSPS) is 11.8. The van der Waals surface area contributed by atoms with Crippen LogP contribution in [0.25, 0.3) is 0 Å². The van der Waals surface area contributed by atoms with Crippen LogP contribution < -0.4 is 5.32 Å². The average Bonchev–Trinajstić information content (AvgIpc) is 3.64. The van der Waals surface area contributed by atoms with E-state index in [0.29, 0.717) is 10.8 Å². The minimum atomic E-state index is -0.743. The maximum absolute atomic E-state index is 12.9. The quantitative estimate of drug-likeness (QED) is 0.189. The molecule has 0 aliphatic carbocycles. The molecule has 0 saturated carbocycles. The summed E-state index contributed by atoms with van der Waals surface area (Å²) in [5.41, 5.74) is 2.79. The molecule has 0 aliphatic rings.